The minimum atomic E-state index is -0.777. The molecule has 0 radical (unpaired) electrons. The van der Waals surface area contributed by atoms with Crippen molar-refractivity contribution in [1.82, 2.24) is 0 Å². The largest absolute Gasteiger partial charge is 0.462 e. The first-order valence-electron chi connectivity index (χ1n) is 26.5. The van der Waals surface area contributed by atoms with Crippen LogP contribution in [-0.4, -0.2) is 37.2 Å². The Morgan fingerprint density at radius 2 is 0.557 bits per heavy atom. The molecule has 1 atom stereocenters. The Bertz CT molecular complexity index is 1030. The Hall–Kier alpha value is -2.37. The SMILES string of the molecule is CCCC/C=C\CCCCCCCC(=O)OCC(COC(=O)CCCCCCCCCCC/C=C\CCCCCCCCCC)OC(=O)CCCCCCC/C=C\CCCC. The fourth-order valence-corrected chi connectivity index (χ4v) is 7.52. The molecule has 0 N–H and O–H groups in total. The predicted molar refractivity (Wildman–Crippen MR) is 261 cm³/mol. The van der Waals surface area contributed by atoms with Gasteiger partial charge in [-0.15, -0.1) is 0 Å². The number of rotatable bonds is 48. The summed E-state index contributed by atoms with van der Waals surface area (Å²) in [5.41, 5.74) is 0. The van der Waals surface area contributed by atoms with Crippen LogP contribution in [0.4, 0.5) is 0 Å². The fourth-order valence-electron chi connectivity index (χ4n) is 7.52. The lowest BCUT2D eigenvalue weighted by atomic mass is 10.1. The molecule has 61 heavy (non-hydrogen) atoms. The summed E-state index contributed by atoms with van der Waals surface area (Å²) in [4.78, 5) is 37.9. The molecule has 6 heteroatoms. The minimum absolute atomic E-state index is 0.0778. The van der Waals surface area contributed by atoms with E-state index >= 15 is 0 Å². The van der Waals surface area contributed by atoms with Crippen LogP contribution in [0, 0.1) is 0 Å². The smallest absolute Gasteiger partial charge is 0.306 e. The van der Waals surface area contributed by atoms with Crippen molar-refractivity contribution in [2.75, 3.05) is 13.2 Å². The summed E-state index contributed by atoms with van der Waals surface area (Å²) in [5.74, 6) is -0.892. The maximum absolute atomic E-state index is 12.7. The van der Waals surface area contributed by atoms with Crippen LogP contribution in [0.5, 0.6) is 0 Å². The predicted octanol–water partition coefficient (Wildman–Crippen LogP) is 17.3. The molecule has 0 saturated carbocycles. The first kappa shape index (κ1) is 58.6. The summed E-state index contributed by atoms with van der Waals surface area (Å²) in [6, 6.07) is 0. The number of hydrogen-bond donors (Lipinski definition) is 0. The van der Waals surface area contributed by atoms with E-state index < -0.39 is 6.10 Å². The van der Waals surface area contributed by atoms with E-state index in [9.17, 15) is 14.4 Å². The molecule has 356 valence electrons. The summed E-state index contributed by atoms with van der Waals surface area (Å²) < 4.78 is 16.8. The van der Waals surface area contributed by atoms with E-state index in [0.717, 1.165) is 77.0 Å². The Morgan fingerprint density at radius 1 is 0.311 bits per heavy atom. The minimum Gasteiger partial charge on any atom is -0.462 e. The summed E-state index contributed by atoms with van der Waals surface area (Å²) in [6.07, 6.45) is 58.5. The van der Waals surface area contributed by atoms with Crippen LogP contribution in [0.3, 0.4) is 0 Å². The van der Waals surface area contributed by atoms with E-state index in [2.05, 4.69) is 57.2 Å². The van der Waals surface area contributed by atoms with Crippen molar-refractivity contribution in [2.24, 2.45) is 0 Å². The van der Waals surface area contributed by atoms with Gasteiger partial charge in [0.25, 0.3) is 0 Å². The lowest BCUT2D eigenvalue weighted by Gasteiger charge is -2.18. The Balaban J connectivity index is 4.25. The number of carbonyl (C=O) groups is 3. The van der Waals surface area contributed by atoms with Crippen LogP contribution in [-0.2, 0) is 28.6 Å². The van der Waals surface area contributed by atoms with Crippen molar-refractivity contribution >= 4 is 17.9 Å². The molecule has 0 aliphatic heterocycles. The van der Waals surface area contributed by atoms with Gasteiger partial charge >= 0.3 is 17.9 Å². The van der Waals surface area contributed by atoms with Crippen LogP contribution in [0.2, 0.25) is 0 Å². The van der Waals surface area contributed by atoms with Crippen LogP contribution >= 0.6 is 0 Å². The second-order valence-corrected chi connectivity index (χ2v) is 17.8. The highest BCUT2D eigenvalue weighted by molar-refractivity contribution is 5.71. The van der Waals surface area contributed by atoms with Crippen molar-refractivity contribution in [3.05, 3.63) is 36.5 Å². The molecule has 0 aliphatic carbocycles. The van der Waals surface area contributed by atoms with E-state index in [0.29, 0.717) is 19.3 Å². The van der Waals surface area contributed by atoms with Gasteiger partial charge in [-0.2, -0.15) is 0 Å². The molecule has 0 spiro atoms. The number of unbranched alkanes of at least 4 members (excludes halogenated alkanes) is 31. The van der Waals surface area contributed by atoms with Crippen molar-refractivity contribution in [2.45, 2.75) is 284 Å². The number of hydrogen-bond acceptors (Lipinski definition) is 6. The van der Waals surface area contributed by atoms with Crippen LogP contribution in [0.1, 0.15) is 278 Å². The fraction of sp³-hybridized carbons (Fsp3) is 0.836. The molecule has 0 saturated heterocycles. The van der Waals surface area contributed by atoms with Gasteiger partial charge in [0.15, 0.2) is 6.10 Å². The maximum atomic E-state index is 12.7. The van der Waals surface area contributed by atoms with Crippen molar-refractivity contribution < 1.29 is 28.6 Å². The van der Waals surface area contributed by atoms with Gasteiger partial charge in [0, 0.05) is 19.3 Å². The van der Waals surface area contributed by atoms with Gasteiger partial charge in [0.1, 0.15) is 13.2 Å². The quantitative estimate of drug-likeness (QED) is 0.0262. The van der Waals surface area contributed by atoms with Gasteiger partial charge in [-0.3, -0.25) is 14.4 Å². The second kappa shape index (κ2) is 50.3. The summed E-state index contributed by atoms with van der Waals surface area (Å²) in [6.45, 7) is 6.56. The van der Waals surface area contributed by atoms with Gasteiger partial charge in [-0.1, -0.05) is 211 Å². The summed E-state index contributed by atoms with van der Waals surface area (Å²) in [7, 11) is 0. The molecule has 6 nitrogen and oxygen atoms in total. The van der Waals surface area contributed by atoms with Gasteiger partial charge in [-0.05, 0) is 83.5 Å². The lowest BCUT2D eigenvalue weighted by Crippen LogP contribution is -2.30. The van der Waals surface area contributed by atoms with Crippen LogP contribution in [0.25, 0.3) is 0 Å². The maximum Gasteiger partial charge on any atom is 0.306 e. The van der Waals surface area contributed by atoms with Gasteiger partial charge in [0.2, 0.25) is 0 Å². The van der Waals surface area contributed by atoms with E-state index in [4.69, 9.17) is 14.2 Å². The first-order chi connectivity index (χ1) is 30.0. The molecular weight excluding hydrogens is 757 g/mol. The molecule has 0 rings (SSSR count). The van der Waals surface area contributed by atoms with Gasteiger partial charge in [-0.25, -0.2) is 0 Å². The van der Waals surface area contributed by atoms with Crippen LogP contribution < -0.4 is 0 Å². The number of carbonyl (C=O) groups excluding carboxylic acids is 3. The Labute approximate surface area is 378 Å². The van der Waals surface area contributed by atoms with Crippen LogP contribution in [0.15, 0.2) is 36.5 Å². The highest BCUT2D eigenvalue weighted by atomic mass is 16.6. The summed E-state index contributed by atoms with van der Waals surface area (Å²) in [5, 5.41) is 0. The molecule has 0 fully saturated rings. The Kier molecular flexibility index (Phi) is 48.3. The summed E-state index contributed by atoms with van der Waals surface area (Å²) >= 11 is 0. The highest BCUT2D eigenvalue weighted by Gasteiger charge is 2.19. The van der Waals surface area contributed by atoms with Crippen molar-refractivity contribution in [3.63, 3.8) is 0 Å². The molecule has 0 heterocycles. The van der Waals surface area contributed by atoms with Crippen molar-refractivity contribution in [1.29, 1.82) is 0 Å². The zero-order chi connectivity index (χ0) is 44.4. The normalized spacial score (nSPS) is 12.2. The monoisotopic (exact) mass is 857 g/mol. The number of ether oxygens (including phenoxy) is 3. The number of esters is 3. The van der Waals surface area contributed by atoms with E-state index in [1.54, 1.807) is 0 Å². The second-order valence-electron chi connectivity index (χ2n) is 17.8. The molecule has 0 aromatic carbocycles. The zero-order valence-corrected chi connectivity index (χ0v) is 40.7. The molecule has 0 aromatic heterocycles. The third kappa shape index (κ3) is 48.5. The standard InChI is InChI=1S/C55H100O6/c1-4-7-10-13-16-19-22-23-24-25-26-27-28-29-30-31-34-36-39-42-45-48-54(57)60-51-52(61-55(58)49-46-43-40-37-33-21-18-15-12-9-6-3)50-59-53(56)47-44-41-38-35-32-20-17-14-11-8-5-2/h14-15,17-18,25-26,52H,4-13,16,19-24,27-51H2,1-3H3/b17-14-,18-15-,26-25-. The zero-order valence-electron chi connectivity index (χ0n) is 40.7. The average Bonchev–Trinajstić information content (AvgIpc) is 3.26. The molecule has 0 aromatic rings. The van der Waals surface area contributed by atoms with Crippen molar-refractivity contribution in [3.8, 4) is 0 Å². The molecular formula is C55H100O6. The third-order valence-corrected chi connectivity index (χ3v) is 11.6. The molecule has 0 bridgehead atoms. The first-order valence-corrected chi connectivity index (χ1v) is 26.5. The molecule has 0 aliphatic rings. The lowest BCUT2D eigenvalue weighted by molar-refractivity contribution is -0.167. The molecule has 1 unspecified atom stereocenters. The van der Waals surface area contributed by atoms with Gasteiger partial charge in [0.05, 0.1) is 0 Å². The molecule has 0 amide bonds. The highest BCUT2D eigenvalue weighted by Crippen LogP contribution is 2.15. The van der Waals surface area contributed by atoms with E-state index in [1.807, 2.05) is 0 Å². The third-order valence-electron chi connectivity index (χ3n) is 11.6. The topological polar surface area (TPSA) is 78.9 Å². The number of allylic oxidation sites excluding steroid dienone is 6. The van der Waals surface area contributed by atoms with E-state index in [-0.39, 0.29) is 31.1 Å². The average molecular weight is 857 g/mol. The van der Waals surface area contributed by atoms with E-state index in [1.165, 1.54) is 161 Å². The Morgan fingerprint density at radius 3 is 0.869 bits per heavy atom. The van der Waals surface area contributed by atoms with Gasteiger partial charge < -0.3 is 14.2 Å².